The van der Waals surface area contributed by atoms with Crippen molar-refractivity contribution < 1.29 is 4.74 Å². The minimum atomic E-state index is 0.351. The Hall–Kier alpha value is -0.870. The van der Waals surface area contributed by atoms with Crippen LogP contribution < -0.4 is 5.32 Å². The number of nitrogens with one attached hydrogen (secondary N) is 1. The van der Waals surface area contributed by atoms with Gasteiger partial charge in [0.25, 0.3) is 0 Å². The highest BCUT2D eigenvalue weighted by molar-refractivity contribution is 4.90. The molecule has 1 aliphatic rings. The van der Waals surface area contributed by atoms with E-state index in [1.54, 1.807) is 0 Å². The van der Waals surface area contributed by atoms with Gasteiger partial charge in [-0.25, -0.2) is 4.98 Å². The van der Waals surface area contributed by atoms with Crippen LogP contribution in [0.25, 0.3) is 0 Å². The second kappa shape index (κ2) is 6.34. The molecule has 2 heterocycles. The lowest BCUT2D eigenvalue weighted by atomic mass is 10.2. The minimum absolute atomic E-state index is 0.351. The summed E-state index contributed by atoms with van der Waals surface area (Å²) >= 11 is 0. The average molecular weight is 251 g/mol. The monoisotopic (exact) mass is 251 g/mol. The van der Waals surface area contributed by atoms with Crippen molar-refractivity contribution >= 4 is 0 Å². The van der Waals surface area contributed by atoms with E-state index in [-0.39, 0.29) is 0 Å². The molecule has 0 aliphatic carbocycles. The van der Waals surface area contributed by atoms with Gasteiger partial charge < -0.3 is 14.6 Å². The standard InChI is InChI=1S/C14H25N3O/c1-11(2)8-15-9-13-4-5-14(18-13)10-17-7-6-16-12(17)3/h6-7,11,13-15H,4-5,8-10H2,1-3H3. The number of hydrogen-bond acceptors (Lipinski definition) is 3. The smallest absolute Gasteiger partial charge is 0.105 e. The molecule has 1 aliphatic heterocycles. The van der Waals surface area contributed by atoms with Crippen LogP contribution in [0.4, 0.5) is 0 Å². The lowest BCUT2D eigenvalue weighted by Gasteiger charge is -2.16. The Bertz CT molecular complexity index is 362. The highest BCUT2D eigenvalue weighted by atomic mass is 16.5. The molecule has 4 nitrogen and oxygen atoms in total. The molecule has 1 aromatic heterocycles. The lowest BCUT2D eigenvalue weighted by Crippen LogP contribution is -2.30. The Kier molecular flexibility index (Phi) is 4.78. The fourth-order valence-electron chi connectivity index (χ4n) is 2.41. The molecule has 0 spiro atoms. The summed E-state index contributed by atoms with van der Waals surface area (Å²) in [5.41, 5.74) is 0. The van der Waals surface area contributed by atoms with E-state index in [9.17, 15) is 0 Å². The van der Waals surface area contributed by atoms with Crippen molar-refractivity contribution in [1.29, 1.82) is 0 Å². The quantitative estimate of drug-likeness (QED) is 0.840. The van der Waals surface area contributed by atoms with Crippen LogP contribution in [-0.2, 0) is 11.3 Å². The fourth-order valence-corrected chi connectivity index (χ4v) is 2.41. The second-order valence-electron chi connectivity index (χ2n) is 5.64. The van der Waals surface area contributed by atoms with E-state index >= 15 is 0 Å². The van der Waals surface area contributed by atoms with Gasteiger partial charge in [0.15, 0.2) is 0 Å². The molecule has 0 aromatic carbocycles. The van der Waals surface area contributed by atoms with Gasteiger partial charge in [0.2, 0.25) is 0 Å². The molecule has 0 bridgehead atoms. The first kappa shape index (κ1) is 13.6. The summed E-state index contributed by atoms with van der Waals surface area (Å²) in [6.45, 7) is 9.49. The van der Waals surface area contributed by atoms with Gasteiger partial charge in [0, 0.05) is 18.9 Å². The van der Waals surface area contributed by atoms with Crippen molar-refractivity contribution in [3.63, 3.8) is 0 Å². The molecule has 0 amide bonds. The van der Waals surface area contributed by atoms with Gasteiger partial charge in [0.05, 0.1) is 18.8 Å². The summed E-state index contributed by atoms with van der Waals surface area (Å²) in [6.07, 6.45) is 6.95. The third-order valence-corrected chi connectivity index (χ3v) is 3.44. The van der Waals surface area contributed by atoms with Crippen LogP contribution in [0.2, 0.25) is 0 Å². The largest absolute Gasteiger partial charge is 0.372 e. The SMILES string of the molecule is Cc1nccn1CC1CCC(CNCC(C)C)O1. The maximum absolute atomic E-state index is 6.06. The maximum atomic E-state index is 6.06. The molecule has 102 valence electrons. The molecular formula is C14H25N3O. The third kappa shape index (κ3) is 3.82. The average Bonchev–Trinajstić information content (AvgIpc) is 2.90. The maximum Gasteiger partial charge on any atom is 0.105 e. The van der Waals surface area contributed by atoms with Crippen LogP contribution in [0.15, 0.2) is 12.4 Å². The summed E-state index contributed by atoms with van der Waals surface area (Å²) in [7, 11) is 0. The van der Waals surface area contributed by atoms with Gasteiger partial charge in [-0.3, -0.25) is 0 Å². The minimum Gasteiger partial charge on any atom is -0.372 e. The van der Waals surface area contributed by atoms with Crippen molar-refractivity contribution in [2.45, 2.75) is 52.4 Å². The number of nitrogens with zero attached hydrogens (tertiary/aromatic N) is 2. The molecule has 2 unspecified atom stereocenters. The van der Waals surface area contributed by atoms with E-state index in [0.29, 0.717) is 18.1 Å². The summed E-state index contributed by atoms with van der Waals surface area (Å²) in [5.74, 6) is 1.77. The number of aryl methyl sites for hydroxylation is 1. The summed E-state index contributed by atoms with van der Waals surface area (Å²) in [5, 5.41) is 3.47. The molecule has 0 saturated carbocycles. The number of rotatable bonds is 6. The summed E-state index contributed by atoms with van der Waals surface area (Å²) in [4.78, 5) is 4.24. The molecular weight excluding hydrogens is 226 g/mol. The summed E-state index contributed by atoms with van der Waals surface area (Å²) < 4.78 is 8.24. The molecule has 1 fully saturated rings. The van der Waals surface area contributed by atoms with Crippen LogP contribution in [0.1, 0.15) is 32.5 Å². The van der Waals surface area contributed by atoms with Crippen molar-refractivity contribution in [1.82, 2.24) is 14.9 Å². The van der Waals surface area contributed by atoms with E-state index in [2.05, 4.69) is 28.7 Å². The molecule has 1 N–H and O–H groups in total. The first-order chi connectivity index (χ1) is 8.65. The highest BCUT2D eigenvalue weighted by Crippen LogP contribution is 2.21. The zero-order valence-corrected chi connectivity index (χ0v) is 11.7. The van der Waals surface area contributed by atoms with Crippen LogP contribution in [0.5, 0.6) is 0 Å². The Labute approximate surface area is 110 Å². The van der Waals surface area contributed by atoms with Gasteiger partial charge in [-0.15, -0.1) is 0 Å². The van der Waals surface area contributed by atoms with Crippen molar-refractivity contribution in [2.75, 3.05) is 13.1 Å². The number of hydrogen-bond donors (Lipinski definition) is 1. The molecule has 0 radical (unpaired) electrons. The van der Waals surface area contributed by atoms with E-state index < -0.39 is 0 Å². The first-order valence-electron chi connectivity index (χ1n) is 6.99. The zero-order valence-electron chi connectivity index (χ0n) is 11.7. The van der Waals surface area contributed by atoms with Gasteiger partial charge >= 0.3 is 0 Å². The van der Waals surface area contributed by atoms with Crippen molar-refractivity contribution in [2.24, 2.45) is 5.92 Å². The predicted molar refractivity (Wildman–Crippen MR) is 72.6 cm³/mol. The Balaban J connectivity index is 1.70. The Morgan fingerprint density at radius 3 is 2.89 bits per heavy atom. The molecule has 2 rings (SSSR count). The van der Waals surface area contributed by atoms with E-state index in [1.807, 2.05) is 19.3 Å². The van der Waals surface area contributed by atoms with Crippen LogP contribution >= 0.6 is 0 Å². The molecule has 1 aromatic rings. The topological polar surface area (TPSA) is 39.1 Å². The first-order valence-corrected chi connectivity index (χ1v) is 6.99. The normalized spacial score (nSPS) is 24.0. The van der Waals surface area contributed by atoms with E-state index in [1.165, 1.54) is 6.42 Å². The number of imidazole rings is 1. The number of ether oxygens (including phenoxy) is 1. The lowest BCUT2D eigenvalue weighted by molar-refractivity contribution is 0.0355. The number of aromatic nitrogens is 2. The zero-order chi connectivity index (χ0) is 13.0. The highest BCUT2D eigenvalue weighted by Gasteiger charge is 2.25. The summed E-state index contributed by atoms with van der Waals surface area (Å²) in [6, 6.07) is 0. The second-order valence-corrected chi connectivity index (χ2v) is 5.64. The fraction of sp³-hybridized carbons (Fsp3) is 0.786. The van der Waals surface area contributed by atoms with Crippen LogP contribution in [0.3, 0.4) is 0 Å². The van der Waals surface area contributed by atoms with Crippen LogP contribution in [-0.4, -0.2) is 34.8 Å². The van der Waals surface area contributed by atoms with E-state index in [4.69, 9.17) is 4.74 Å². The van der Waals surface area contributed by atoms with Crippen molar-refractivity contribution in [3.8, 4) is 0 Å². The van der Waals surface area contributed by atoms with Crippen LogP contribution in [0, 0.1) is 12.8 Å². The Morgan fingerprint density at radius 2 is 2.22 bits per heavy atom. The van der Waals surface area contributed by atoms with E-state index in [0.717, 1.165) is 31.9 Å². The van der Waals surface area contributed by atoms with Gasteiger partial charge in [-0.05, 0) is 32.2 Å². The molecule has 4 heteroatoms. The molecule has 1 saturated heterocycles. The Morgan fingerprint density at radius 1 is 1.44 bits per heavy atom. The molecule has 18 heavy (non-hydrogen) atoms. The molecule has 2 atom stereocenters. The van der Waals surface area contributed by atoms with Crippen molar-refractivity contribution in [3.05, 3.63) is 18.2 Å². The van der Waals surface area contributed by atoms with Gasteiger partial charge in [0.1, 0.15) is 5.82 Å². The predicted octanol–water partition coefficient (Wildman–Crippen LogP) is 1.98. The van der Waals surface area contributed by atoms with Gasteiger partial charge in [-0.1, -0.05) is 13.8 Å². The van der Waals surface area contributed by atoms with Gasteiger partial charge in [-0.2, -0.15) is 0 Å². The third-order valence-electron chi connectivity index (χ3n) is 3.44.